The van der Waals surface area contributed by atoms with Crippen LogP contribution < -0.4 is 5.32 Å². The number of carbonyl (C=O) groups excluding carboxylic acids is 2. The number of ketones is 1. The van der Waals surface area contributed by atoms with Crippen LogP contribution in [0.15, 0.2) is 29.2 Å². The third kappa shape index (κ3) is 3.61. The van der Waals surface area contributed by atoms with E-state index in [1.807, 2.05) is 0 Å². The maximum atomic E-state index is 13.0. The lowest BCUT2D eigenvalue weighted by atomic mass is 9.85. The molecule has 4 rings (SSSR count). The van der Waals surface area contributed by atoms with Crippen LogP contribution in [-0.2, 0) is 27.8 Å². The third-order valence-corrected chi connectivity index (χ3v) is 8.16. The van der Waals surface area contributed by atoms with Crippen molar-refractivity contribution in [1.29, 1.82) is 0 Å². The summed E-state index contributed by atoms with van der Waals surface area (Å²) in [6.07, 6.45) is 3.44. The van der Waals surface area contributed by atoms with E-state index in [4.69, 9.17) is 0 Å². The molecule has 0 radical (unpaired) electrons. The summed E-state index contributed by atoms with van der Waals surface area (Å²) >= 11 is 1.34. The monoisotopic (exact) mass is 419 g/mol. The lowest BCUT2D eigenvalue weighted by molar-refractivity contribution is -0.122. The molecule has 1 aromatic heterocycles. The van der Waals surface area contributed by atoms with Crippen LogP contribution in [0.2, 0.25) is 0 Å². The first kappa shape index (κ1) is 19.2. The molecule has 1 fully saturated rings. The predicted octanol–water partition coefficient (Wildman–Crippen LogP) is 2.83. The van der Waals surface area contributed by atoms with E-state index in [2.05, 4.69) is 10.3 Å². The average Bonchev–Trinajstić information content (AvgIpc) is 3.01. The number of anilines is 1. The van der Waals surface area contributed by atoms with Crippen LogP contribution in [0.25, 0.3) is 0 Å². The van der Waals surface area contributed by atoms with Crippen molar-refractivity contribution in [2.24, 2.45) is 5.92 Å². The van der Waals surface area contributed by atoms with Gasteiger partial charge in [0.15, 0.2) is 10.9 Å². The summed E-state index contributed by atoms with van der Waals surface area (Å²) in [6.45, 7) is 2.02. The van der Waals surface area contributed by atoms with Gasteiger partial charge in [-0.2, -0.15) is 4.31 Å². The Balaban J connectivity index is 1.49. The van der Waals surface area contributed by atoms with Gasteiger partial charge in [-0.05, 0) is 31.9 Å². The van der Waals surface area contributed by atoms with Gasteiger partial charge in [0.05, 0.1) is 17.1 Å². The molecule has 1 saturated carbocycles. The lowest BCUT2D eigenvalue weighted by Crippen LogP contribution is -2.35. The van der Waals surface area contributed by atoms with Crippen molar-refractivity contribution in [2.75, 3.05) is 11.9 Å². The minimum atomic E-state index is -3.66. The standard InChI is InChI=1S/C19H21N3O4S2/c1-12(23)13-5-7-15(8-6-13)28(25,26)22-10-9-16-17(11-22)27-19(20-16)21-18(24)14-3-2-4-14/h5-8,14H,2-4,9-11H2,1H3,(H,20,21,24). The molecule has 0 spiro atoms. The summed E-state index contributed by atoms with van der Waals surface area (Å²) in [5.74, 6) is -0.0177. The van der Waals surface area contributed by atoms with Crippen LogP contribution in [0.3, 0.4) is 0 Å². The van der Waals surface area contributed by atoms with Crippen LogP contribution in [0.4, 0.5) is 5.13 Å². The van der Waals surface area contributed by atoms with Gasteiger partial charge in [0.2, 0.25) is 15.9 Å². The number of hydrogen-bond donors (Lipinski definition) is 1. The topological polar surface area (TPSA) is 96.4 Å². The Morgan fingerprint density at radius 3 is 2.54 bits per heavy atom. The van der Waals surface area contributed by atoms with E-state index >= 15 is 0 Å². The van der Waals surface area contributed by atoms with Gasteiger partial charge in [-0.1, -0.05) is 18.6 Å². The number of nitrogens with zero attached hydrogens (tertiary/aromatic N) is 2. The van der Waals surface area contributed by atoms with Crippen molar-refractivity contribution in [1.82, 2.24) is 9.29 Å². The Morgan fingerprint density at radius 1 is 1.21 bits per heavy atom. The molecule has 0 saturated heterocycles. The number of carbonyl (C=O) groups is 2. The van der Waals surface area contributed by atoms with Gasteiger partial charge in [0, 0.05) is 29.3 Å². The number of aromatic nitrogens is 1. The van der Waals surface area contributed by atoms with Gasteiger partial charge in [0.25, 0.3) is 0 Å². The number of fused-ring (bicyclic) bond motifs is 1. The highest BCUT2D eigenvalue weighted by molar-refractivity contribution is 7.89. The van der Waals surface area contributed by atoms with Crippen molar-refractivity contribution in [2.45, 2.75) is 44.0 Å². The summed E-state index contributed by atoms with van der Waals surface area (Å²) in [4.78, 5) is 29.0. The summed E-state index contributed by atoms with van der Waals surface area (Å²) in [7, 11) is -3.66. The Hall–Kier alpha value is -2.10. The molecule has 7 nitrogen and oxygen atoms in total. The second-order valence-electron chi connectivity index (χ2n) is 7.18. The van der Waals surface area contributed by atoms with Gasteiger partial charge < -0.3 is 5.32 Å². The maximum Gasteiger partial charge on any atom is 0.243 e. The van der Waals surface area contributed by atoms with Crippen LogP contribution >= 0.6 is 11.3 Å². The molecule has 1 N–H and O–H groups in total. The Morgan fingerprint density at radius 2 is 1.93 bits per heavy atom. The quantitative estimate of drug-likeness (QED) is 0.752. The molecular formula is C19H21N3O4S2. The molecule has 0 atom stereocenters. The van der Waals surface area contributed by atoms with Gasteiger partial charge in [-0.3, -0.25) is 9.59 Å². The molecule has 9 heteroatoms. The minimum Gasteiger partial charge on any atom is -0.302 e. The summed E-state index contributed by atoms with van der Waals surface area (Å²) < 4.78 is 27.3. The number of benzene rings is 1. The van der Waals surface area contributed by atoms with Crippen molar-refractivity contribution in [3.63, 3.8) is 0 Å². The van der Waals surface area contributed by atoms with Crippen LogP contribution in [0.5, 0.6) is 0 Å². The smallest absolute Gasteiger partial charge is 0.243 e. The van der Waals surface area contributed by atoms with Crippen molar-refractivity contribution in [3.05, 3.63) is 40.4 Å². The molecule has 0 unspecified atom stereocenters. The highest BCUT2D eigenvalue weighted by Crippen LogP contribution is 2.33. The number of thiazole rings is 1. The summed E-state index contributed by atoms with van der Waals surface area (Å²) in [6, 6.07) is 6.01. The minimum absolute atomic E-state index is 0.00684. The number of amides is 1. The molecule has 1 aromatic carbocycles. The number of Topliss-reactive ketones (excluding diaryl/α,β-unsaturated/α-hetero) is 1. The molecule has 1 aliphatic carbocycles. The van der Waals surface area contributed by atoms with E-state index in [0.29, 0.717) is 23.7 Å². The number of nitrogens with one attached hydrogen (secondary N) is 1. The van der Waals surface area contributed by atoms with E-state index in [0.717, 1.165) is 29.8 Å². The van der Waals surface area contributed by atoms with E-state index in [1.165, 1.54) is 46.8 Å². The zero-order chi connectivity index (χ0) is 19.9. The van der Waals surface area contributed by atoms with Crippen molar-refractivity contribution in [3.8, 4) is 0 Å². The Labute approximate surface area is 167 Å². The zero-order valence-corrected chi connectivity index (χ0v) is 17.1. The van der Waals surface area contributed by atoms with Crippen LogP contribution in [-0.4, -0.2) is 35.9 Å². The molecule has 1 aliphatic heterocycles. The van der Waals surface area contributed by atoms with Crippen molar-refractivity contribution >= 4 is 38.2 Å². The predicted molar refractivity (Wildman–Crippen MR) is 106 cm³/mol. The Bertz CT molecular complexity index is 1020. The van der Waals surface area contributed by atoms with E-state index < -0.39 is 10.0 Å². The number of rotatable bonds is 5. The largest absolute Gasteiger partial charge is 0.302 e. The fraction of sp³-hybridized carbons (Fsp3) is 0.421. The fourth-order valence-corrected chi connectivity index (χ4v) is 5.84. The maximum absolute atomic E-state index is 13.0. The fourth-order valence-electron chi connectivity index (χ4n) is 3.32. The first-order chi connectivity index (χ1) is 13.3. The molecule has 28 heavy (non-hydrogen) atoms. The van der Waals surface area contributed by atoms with E-state index in [9.17, 15) is 18.0 Å². The molecule has 2 aliphatic rings. The molecule has 148 valence electrons. The number of sulfonamides is 1. The second kappa shape index (κ2) is 7.38. The molecule has 0 bridgehead atoms. The molecule has 1 amide bonds. The van der Waals surface area contributed by atoms with Gasteiger partial charge >= 0.3 is 0 Å². The van der Waals surface area contributed by atoms with Gasteiger partial charge in [0.1, 0.15) is 0 Å². The lowest BCUT2D eigenvalue weighted by Gasteiger charge is -2.25. The summed E-state index contributed by atoms with van der Waals surface area (Å²) in [5.41, 5.74) is 1.33. The van der Waals surface area contributed by atoms with Crippen LogP contribution in [0.1, 0.15) is 47.1 Å². The number of hydrogen-bond acceptors (Lipinski definition) is 6. The highest BCUT2D eigenvalue weighted by Gasteiger charge is 2.31. The van der Waals surface area contributed by atoms with Crippen molar-refractivity contribution < 1.29 is 18.0 Å². The zero-order valence-electron chi connectivity index (χ0n) is 15.5. The second-order valence-corrected chi connectivity index (χ2v) is 10.2. The third-order valence-electron chi connectivity index (χ3n) is 5.30. The first-order valence-electron chi connectivity index (χ1n) is 9.25. The normalized spacial score (nSPS) is 17.6. The Kier molecular flexibility index (Phi) is 5.07. The molecule has 2 heterocycles. The molecular weight excluding hydrogens is 398 g/mol. The highest BCUT2D eigenvalue weighted by atomic mass is 32.2. The average molecular weight is 420 g/mol. The first-order valence-corrected chi connectivity index (χ1v) is 11.5. The van der Waals surface area contributed by atoms with E-state index in [1.54, 1.807) is 0 Å². The van der Waals surface area contributed by atoms with Gasteiger partial charge in [-0.25, -0.2) is 13.4 Å². The SMILES string of the molecule is CC(=O)c1ccc(S(=O)(=O)N2CCc3nc(NC(=O)C4CCC4)sc3C2)cc1. The molecule has 2 aromatic rings. The van der Waals surface area contributed by atoms with Crippen LogP contribution in [0, 0.1) is 5.92 Å². The van der Waals surface area contributed by atoms with Gasteiger partial charge in [-0.15, -0.1) is 11.3 Å². The van der Waals surface area contributed by atoms with E-state index in [-0.39, 0.29) is 29.0 Å². The summed E-state index contributed by atoms with van der Waals surface area (Å²) in [5, 5.41) is 3.42.